The van der Waals surface area contributed by atoms with Crippen molar-refractivity contribution in [1.82, 2.24) is 0 Å². The summed E-state index contributed by atoms with van der Waals surface area (Å²) in [6.07, 6.45) is 2.63. The van der Waals surface area contributed by atoms with Gasteiger partial charge in [0.25, 0.3) is 0 Å². The average molecular weight is 447 g/mol. The quantitative estimate of drug-likeness (QED) is 0.237. The Balaban J connectivity index is 0.000000200. The van der Waals surface area contributed by atoms with Gasteiger partial charge in [0.1, 0.15) is 5.75 Å². The minimum atomic E-state index is 0.910. The molecule has 4 rings (SSSR count). The lowest BCUT2D eigenvalue weighted by atomic mass is 10.2. The summed E-state index contributed by atoms with van der Waals surface area (Å²) in [6, 6.07) is 41.2. The maximum atomic E-state index is 4.91. The first kappa shape index (κ1) is 24.8. The summed E-state index contributed by atoms with van der Waals surface area (Å²) < 4.78 is 4.91. The third kappa shape index (κ3) is 11.5. The summed E-state index contributed by atoms with van der Waals surface area (Å²) in [5.41, 5.74) is 1.44. The molecule has 2 atom stereocenters. The Morgan fingerprint density at radius 1 is 0.548 bits per heavy atom. The van der Waals surface area contributed by atoms with Gasteiger partial charge in [-0.15, -0.1) is 0 Å². The van der Waals surface area contributed by atoms with Crippen molar-refractivity contribution < 1.29 is 4.74 Å². The highest BCUT2D eigenvalue weighted by Gasteiger charge is 1.97. The van der Waals surface area contributed by atoms with Crippen molar-refractivity contribution in [3.63, 3.8) is 0 Å². The van der Waals surface area contributed by atoms with Crippen molar-refractivity contribution in [1.29, 1.82) is 0 Å². The van der Waals surface area contributed by atoms with Gasteiger partial charge in [0.15, 0.2) is 0 Å². The van der Waals surface area contributed by atoms with Gasteiger partial charge in [0.05, 0.1) is 7.11 Å². The van der Waals surface area contributed by atoms with Crippen LogP contribution in [0.4, 0.5) is 0 Å². The lowest BCUT2D eigenvalue weighted by molar-refractivity contribution is 0.415. The third-order valence-corrected chi connectivity index (χ3v) is 7.52. The van der Waals surface area contributed by atoms with Gasteiger partial charge in [0.2, 0.25) is 0 Å². The Morgan fingerprint density at radius 2 is 1.00 bits per heavy atom. The van der Waals surface area contributed by atoms with Crippen LogP contribution in [0.1, 0.15) is 5.56 Å². The Hall–Kier alpha value is -2.46. The molecule has 4 aromatic carbocycles. The van der Waals surface area contributed by atoms with Gasteiger partial charge < -0.3 is 4.74 Å². The SMILES string of the molecule is COc1ccccc1.Cc1ccccc1PCCPc1ccccc1.c1ccccc1. The fraction of sp³-hybridized carbons (Fsp3) is 0.143. The van der Waals surface area contributed by atoms with Crippen LogP contribution in [0, 0.1) is 6.92 Å². The van der Waals surface area contributed by atoms with Crippen LogP contribution in [0.25, 0.3) is 0 Å². The summed E-state index contributed by atoms with van der Waals surface area (Å²) in [4.78, 5) is 0. The molecule has 0 aromatic heterocycles. The van der Waals surface area contributed by atoms with E-state index in [0.717, 1.165) is 22.9 Å². The van der Waals surface area contributed by atoms with Crippen molar-refractivity contribution in [2.24, 2.45) is 0 Å². The smallest absolute Gasteiger partial charge is 0.118 e. The molecular formula is C28H32OP2. The van der Waals surface area contributed by atoms with E-state index in [1.54, 1.807) is 7.11 Å². The van der Waals surface area contributed by atoms with Crippen molar-refractivity contribution in [2.75, 3.05) is 19.4 Å². The molecule has 1 nitrogen and oxygen atoms in total. The first-order valence-corrected chi connectivity index (χ1v) is 12.9. The van der Waals surface area contributed by atoms with Gasteiger partial charge in [0, 0.05) is 0 Å². The zero-order valence-corrected chi connectivity index (χ0v) is 20.4. The van der Waals surface area contributed by atoms with E-state index in [2.05, 4.69) is 61.5 Å². The molecule has 0 aliphatic heterocycles. The lowest BCUT2D eigenvalue weighted by Gasteiger charge is -2.05. The minimum Gasteiger partial charge on any atom is -0.497 e. The molecule has 160 valence electrons. The number of aryl methyl sites for hydroxylation is 1. The molecule has 0 saturated heterocycles. The van der Waals surface area contributed by atoms with E-state index in [9.17, 15) is 0 Å². The van der Waals surface area contributed by atoms with Gasteiger partial charge in [-0.25, -0.2) is 0 Å². The molecule has 0 aliphatic rings. The van der Waals surface area contributed by atoms with Crippen LogP contribution in [0.5, 0.6) is 5.75 Å². The third-order valence-electron chi connectivity index (χ3n) is 4.33. The van der Waals surface area contributed by atoms with E-state index in [1.807, 2.05) is 66.7 Å². The second kappa shape index (κ2) is 16.3. The van der Waals surface area contributed by atoms with Gasteiger partial charge >= 0.3 is 0 Å². The van der Waals surface area contributed by atoms with E-state index in [4.69, 9.17) is 4.74 Å². The molecule has 4 aromatic rings. The highest BCUT2D eigenvalue weighted by atomic mass is 31.1. The molecular weight excluding hydrogens is 414 g/mol. The number of hydrogen-bond acceptors (Lipinski definition) is 1. The minimum absolute atomic E-state index is 0.910. The molecule has 0 aliphatic carbocycles. The van der Waals surface area contributed by atoms with Gasteiger partial charge in [-0.1, -0.05) is 126 Å². The van der Waals surface area contributed by atoms with Gasteiger partial charge in [-0.3, -0.25) is 0 Å². The fourth-order valence-electron chi connectivity index (χ4n) is 2.67. The standard InChI is InChI=1S/C15H18P2.C7H8O.C6H6/c1-13-7-5-6-10-15(13)17-12-11-16-14-8-3-2-4-9-14;1-8-7-5-3-2-4-6-7;1-2-4-6-5-3-1/h2-10,16-17H,11-12H2,1H3;2-6H,1H3;1-6H. The molecule has 0 spiro atoms. The van der Waals surface area contributed by atoms with Gasteiger partial charge in [-0.2, -0.15) is 0 Å². The summed E-state index contributed by atoms with van der Waals surface area (Å²) in [5.74, 6) is 0.910. The van der Waals surface area contributed by atoms with Crippen LogP contribution >= 0.6 is 17.2 Å². The first-order valence-electron chi connectivity index (χ1n) is 10.5. The number of methoxy groups -OCH3 is 1. The topological polar surface area (TPSA) is 9.23 Å². The molecule has 0 radical (unpaired) electrons. The number of ether oxygens (including phenoxy) is 1. The van der Waals surface area contributed by atoms with Crippen LogP contribution in [0.15, 0.2) is 121 Å². The zero-order chi connectivity index (χ0) is 22.0. The Morgan fingerprint density at radius 3 is 1.52 bits per heavy atom. The largest absolute Gasteiger partial charge is 0.497 e. The van der Waals surface area contributed by atoms with Crippen LogP contribution in [0.2, 0.25) is 0 Å². The molecule has 2 unspecified atom stereocenters. The van der Waals surface area contributed by atoms with Crippen LogP contribution in [0.3, 0.4) is 0 Å². The molecule has 3 heteroatoms. The molecule has 0 amide bonds. The maximum absolute atomic E-state index is 4.91. The summed E-state index contributed by atoms with van der Waals surface area (Å²) in [6.45, 7) is 2.21. The van der Waals surface area contributed by atoms with Crippen molar-refractivity contribution in [2.45, 2.75) is 6.92 Å². The van der Waals surface area contributed by atoms with E-state index >= 15 is 0 Å². The van der Waals surface area contributed by atoms with Gasteiger partial charge in [-0.05, 0) is 47.6 Å². The molecule has 0 bridgehead atoms. The van der Waals surface area contributed by atoms with E-state index in [-0.39, 0.29) is 0 Å². The predicted octanol–water partition coefficient (Wildman–Crippen LogP) is 6.68. The lowest BCUT2D eigenvalue weighted by Crippen LogP contribution is -2.01. The highest BCUT2D eigenvalue weighted by molar-refractivity contribution is 7.51. The van der Waals surface area contributed by atoms with Crippen LogP contribution in [-0.2, 0) is 0 Å². The number of benzene rings is 4. The molecule has 0 fully saturated rings. The van der Waals surface area contributed by atoms with Crippen molar-refractivity contribution in [3.05, 3.63) is 127 Å². The number of hydrogen-bond donors (Lipinski definition) is 0. The predicted molar refractivity (Wildman–Crippen MR) is 143 cm³/mol. The average Bonchev–Trinajstić information content (AvgIpc) is 2.86. The fourth-order valence-corrected chi connectivity index (χ4v) is 5.24. The van der Waals surface area contributed by atoms with Crippen molar-refractivity contribution >= 4 is 27.8 Å². The molecule has 0 saturated carbocycles. The summed E-state index contributed by atoms with van der Waals surface area (Å²) in [5, 5.41) is 3.02. The first-order chi connectivity index (χ1) is 15.3. The second-order valence-corrected chi connectivity index (χ2v) is 9.53. The summed E-state index contributed by atoms with van der Waals surface area (Å²) in [7, 11) is 3.58. The highest BCUT2D eigenvalue weighted by Crippen LogP contribution is 2.18. The Kier molecular flexibility index (Phi) is 13.0. The molecule has 0 N–H and O–H groups in total. The van der Waals surface area contributed by atoms with E-state index in [1.165, 1.54) is 28.5 Å². The van der Waals surface area contributed by atoms with E-state index in [0.29, 0.717) is 0 Å². The maximum Gasteiger partial charge on any atom is 0.118 e. The normalized spacial score (nSPS) is 10.3. The second-order valence-electron chi connectivity index (χ2n) is 6.71. The Bertz CT molecular complexity index is 902. The number of para-hydroxylation sites is 1. The summed E-state index contributed by atoms with van der Waals surface area (Å²) >= 11 is 0. The van der Waals surface area contributed by atoms with Crippen LogP contribution < -0.4 is 15.3 Å². The number of rotatable bonds is 6. The molecule has 0 heterocycles. The molecule has 31 heavy (non-hydrogen) atoms. The zero-order valence-electron chi connectivity index (χ0n) is 18.4. The monoisotopic (exact) mass is 446 g/mol. The van der Waals surface area contributed by atoms with Crippen molar-refractivity contribution in [3.8, 4) is 5.75 Å². The van der Waals surface area contributed by atoms with Crippen LogP contribution in [-0.4, -0.2) is 19.4 Å². The van der Waals surface area contributed by atoms with E-state index < -0.39 is 0 Å². The Labute approximate surface area is 191 Å².